The van der Waals surface area contributed by atoms with E-state index < -0.39 is 5.97 Å². The van der Waals surface area contributed by atoms with Crippen molar-refractivity contribution in [1.82, 2.24) is 5.16 Å². The number of aromatic carboxylic acids is 1. The molecule has 1 aromatic heterocycles. The van der Waals surface area contributed by atoms with E-state index in [0.717, 1.165) is 42.0 Å². The molecule has 1 aliphatic heterocycles. The monoisotopic (exact) mass is 352 g/mol. The van der Waals surface area contributed by atoms with E-state index in [-0.39, 0.29) is 5.76 Å². The van der Waals surface area contributed by atoms with Crippen LogP contribution in [0.3, 0.4) is 0 Å². The zero-order chi connectivity index (χ0) is 14.8. The van der Waals surface area contributed by atoms with E-state index in [1.807, 2.05) is 18.2 Å². The number of hydrogen-bond acceptors (Lipinski definition) is 5. The minimum Gasteiger partial charge on any atom is -0.475 e. The number of carbonyl (C=O) groups is 1. The van der Waals surface area contributed by atoms with Crippen LogP contribution in [0, 0.1) is 0 Å². The van der Waals surface area contributed by atoms with Gasteiger partial charge in [0, 0.05) is 29.2 Å². The second-order valence-electron chi connectivity index (χ2n) is 4.65. The molecule has 3 rings (SSSR count). The van der Waals surface area contributed by atoms with E-state index in [1.54, 1.807) is 0 Å². The summed E-state index contributed by atoms with van der Waals surface area (Å²) in [5.74, 6) is -1.30. The molecule has 0 amide bonds. The first kappa shape index (κ1) is 14.1. The van der Waals surface area contributed by atoms with E-state index in [2.05, 4.69) is 26.0 Å². The van der Waals surface area contributed by atoms with Crippen LogP contribution < -0.4 is 4.90 Å². The Morgan fingerprint density at radius 1 is 1.29 bits per heavy atom. The van der Waals surface area contributed by atoms with Crippen molar-refractivity contribution >= 4 is 27.6 Å². The highest BCUT2D eigenvalue weighted by molar-refractivity contribution is 9.10. The van der Waals surface area contributed by atoms with Crippen molar-refractivity contribution in [1.29, 1.82) is 0 Å². The lowest BCUT2D eigenvalue weighted by Gasteiger charge is -2.29. The molecule has 1 N–H and O–H groups in total. The highest BCUT2D eigenvalue weighted by Crippen LogP contribution is 2.31. The van der Waals surface area contributed by atoms with Gasteiger partial charge in [-0.2, -0.15) is 0 Å². The molecule has 1 fully saturated rings. The van der Waals surface area contributed by atoms with Crippen LogP contribution in [0.1, 0.15) is 10.6 Å². The molecule has 0 aliphatic carbocycles. The number of halogens is 1. The third-order valence-corrected chi connectivity index (χ3v) is 3.95. The van der Waals surface area contributed by atoms with Crippen molar-refractivity contribution in [3.8, 4) is 11.3 Å². The standard InChI is InChI=1S/C14H13BrN2O4/c15-10-7-9(11-8-13(14(18)19)21-16-11)1-2-12(10)17-3-5-20-6-4-17/h1-2,7-8H,3-6H2,(H,18,19). The molecule has 0 radical (unpaired) electrons. The van der Waals surface area contributed by atoms with E-state index >= 15 is 0 Å². The molecule has 21 heavy (non-hydrogen) atoms. The van der Waals surface area contributed by atoms with Crippen LogP contribution in [0.5, 0.6) is 0 Å². The van der Waals surface area contributed by atoms with Gasteiger partial charge in [-0.1, -0.05) is 11.2 Å². The molecule has 6 nitrogen and oxygen atoms in total. The zero-order valence-electron chi connectivity index (χ0n) is 11.1. The summed E-state index contributed by atoms with van der Waals surface area (Å²) in [5, 5.41) is 12.6. The molecule has 0 atom stereocenters. The zero-order valence-corrected chi connectivity index (χ0v) is 12.7. The Hall–Kier alpha value is -1.86. The normalized spacial score (nSPS) is 15.2. The van der Waals surface area contributed by atoms with Gasteiger partial charge in [-0.05, 0) is 28.1 Å². The highest BCUT2D eigenvalue weighted by Gasteiger charge is 2.16. The average Bonchev–Trinajstić information content (AvgIpc) is 2.98. The molecule has 1 saturated heterocycles. The van der Waals surface area contributed by atoms with Crippen LogP contribution in [0.15, 0.2) is 33.3 Å². The number of anilines is 1. The van der Waals surface area contributed by atoms with Crippen molar-refractivity contribution in [3.05, 3.63) is 34.5 Å². The Kier molecular flexibility index (Phi) is 3.94. The minimum atomic E-state index is -1.13. The molecular formula is C14H13BrN2O4. The third-order valence-electron chi connectivity index (χ3n) is 3.32. The fraction of sp³-hybridized carbons (Fsp3) is 0.286. The summed E-state index contributed by atoms with van der Waals surface area (Å²) in [7, 11) is 0. The molecular weight excluding hydrogens is 340 g/mol. The Morgan fingerprint density at radius 3 is 2.67 bits per heavy atom. The van der Waals surface area contributed by atoms with Crippen molar-refractivity contribution in [2.75, 3.05) is 31.2 Å². The first-order valence-corrected chi connectivity index (χ1v) is 7.27. The van der Waals surface area contributed by atoms with Crippen molar-refractivity contribution in [2.45, 2.75) is 0 Å². The van der Waals surface area contributed by atoms with Gasteiger partial charge in [0.15, 0.2) is 0 Å². The first-order chi connectivity index (χ1) is 10.1. The lowest BCUT2D eigenvalue weighted by atomic mass is 10.1. The van der Waals surface area contributed by atoms with Gasteiger partial charge < -0.3 is 19.3 Å². The van der Waals surface area contributed by atoms with Gasteiger partial charge in [-0.3, -0.25) is 0 Å². The molecule has 0 unspecified atom stereocenters. The number of benzene rings is 1. The minimum absolute atomic E-state index is 0.168. The smallest absolute Gasteiger partial charge is 0.374 e. The van der Waals surface area contributed by atoms with Crippen LogP contribution in [0.25, 0.3) is 11.3 Å². The topological polar surface area (TPSA) is 75.8 Å². The Bertz CT molecular complexity index is 665. The van der Waals surface area contributed by atoms with Gasteiger partial charge in [-0.15, -0.1) is 0 Å². The Morgan fingerprint density at radius 2 is 2.05 bits per heavy atom. The summed E-state index contributed by atoms with van der Waals surface area (Å²) in [6, 6.07) is 7.21. The summed E-state index contributed by atoms with van der Waals surface area (Å²) >= 11 is 3.56. The summed E-state index contributed by atoms with van der Waals surface area (Å²) in [4.78, 5) is 13.1. The van der Waals surface area contributed by atoms with Crippen LogP contribution in [-0.2, 0) is 4.74 Å². The molecule has 0 bridgehead atoms. The fourth-order valence-electron chi connectivity index (χ4n) is 2.24. The molecule has 0 spiro atoms. The van der Waals surface area contributed by atoms with Crippen LogP contribution in [0.4, 0.5) is 5.69 Å². The van der Waals surface area contributed by atoms with Crippen LogP contribution in [0.2, 0.25) is 0 Å². The summed E-state index contributed by atoms with van der Waals surface area (Å²) in [6.45, 7) is 3.15. The van der Waals surface area contributed by atoms with Gasteiger partial charge >= 0.3 is 5.97 Å². The number of carboxylic acid groups (broad SMARTS) is 1. The largest absolute Gasteiger partial charge is 0.475 e. The van der Waals surface area contributed by atoms with Crippen molar-refractivity contribution < 1.29 is 19.2 Å². The molecule has 2 aromatic rings. The van der Waals surface area contributed by atoms with Crippen molar-refractivity contribution in [2.24, 2.45) is 0 Å². The second kappa shape index (κ2) is 5.87. The number of aromatic nitrogens is 1. The maximum absolute atomic E-state index is 10.8. The summed E-state index contributed by atoms with van der Waals surface area (Å²) < 4.78 is 11.1. The van der Waals surface area contributed by atoms with Crippen LogP contribution >= 0.6 is 15.9 Å². The lowest BCUT2D eigenvalue weighted by Crippen LogP contribution is -2.36. The maximum atomic E-state index is 10.8. The maximum Gasteiger partial charge on any atom is 0.374 e. The summed E-state index contributed by atoms with van der Waals surface area (Å²) in [6.07, 6.45) is 0. The van der Waals surface area contributed by atoms with Gasteiger partial charge in [0.2, 0.25) is 5.76 Å². The van der Waals surface area contributed by atoms with E-state index in [4.69, 9.17) is 14.4 Å². The lowest BCUT2D eigenvalue weighted by molar-refractivity contribution is 0.0652. The average molecular weight is 353 g/mol. The number of hydrogen-bond donors (Lipinski definition) is 1. The second-order valence-corrected chi connectivity index (χ2v) is 5.50. The molecule has 0 saturated carbocycles. The SMILES string of the molecule is O=C(O)c1cc(-c2ccc(N3CCOCC3)c(Br)c2)no1. The molecule has 1 aliphatic rings. The molecule has 7 heteroatoms. The van der Waals surface area contributed by atoms with Gasteiger partial charge in [0.05, 0.1) is 18.9 Å². The number of rotatable bonds is 3. The van der Waals surface area contributed by atoms with Gasteiger partial charge in [0.25, 0.3) is 0 Å². The highest BCUT2D eigenvalue weighted by atomic mass is 79.9. The van der Waals surface area contributed by atoms with E-state index in [0.29, 0.717) is 5.69 Å². The fourth-order valence-corrected chi connectivity index (χ4v) is 2.87. The molecule has 2 heterocycles. The third kappa shape index (κ3) is 2.93. The first-order valence-electron chi connectivity index (χ1n) is 6.48. The van der Waals surface area contributed by atoms with Crippen LogP contribution in [-0.4, -0.2) is 42.5 Å². The number of morpholine rings is 1. The van der Waals surface area contributed by atoms with Crippen molar-refractivity contribution in [3.63, 3.8) is 0 Å². The molecule has 110 valence electrons. The number of ether oxygens (including phenoxy) is 1. The Balaban J connectivity index is 1.87. The van der Waals surface area contributed by atoms with Gasteiger partial charge in [0.1, 0.15) is 5.69 Å². The number of carboxylic acids is 1. The van der Waals surface area contributed by atoms with Gasteiger partial charge in [-0.25, -0.2) is 4.79 Å². The van der Waals surface area contributed by atoms with E-state index in [9.17, 15) is 4.79 Å². The quantitative estimate of drug-likeness (QED) is 0.914. The molecule has 1 aromatic carbocycles. The summed E-state index contributed by atoms with van der Waals surface area (Å²) in [5.41, 5.74) is 2.39. The predicted molar refractivity (Wildman–Crippen MR) is 79.6 cm³/mol. The number of nitrogens with zero attached hydrogens (tertiary/aromatic N) is 2. The van der Waals surface area contributed by atoms with E-state index in [1.165, 1.54) is 6.07 Å². The predicted octanol–water partition coefficient (Wildman–Crippen LogP) is 2.64. The Labute approximate surface area is 129 Å².